The number of hydrogen-bond acceptors (Lipinski definition) is 4. The Balaban J connectivity index is 1.97. The first kappa shape index (κ1) is 19.8. The Bertz CT molecular complexity index is 1270. The number of aryl methyl sites for hydroxylation is 2. The lowest BCUT2D eigenvalue weighted by Crippen LogP contribution is -2.27. The molecule has 0 aliphatic carbocycles. The van der Waals surface area contributed by atoms with E-state index in [1.807, 2.05) is 43.3 Å². The fourth-order valence-electron chi connectivity index (χ4n) is 3.37. The van der Waals surface area contributed by atoms with Crippen LogP contribution in [-0.2, 0) is 19.1 Å². The Morgan fingerprint density at radius 2 is 1.73 bits per heavy atom. The Hall–Kier alpha value is -3.55. The number of alkyl halides is 3. The number of nitrogens with zero attached hydrogens (tertiary/aromatic N) is 4. The first-order valence-corrected chi connectivity index (χ1v) is 9.29. The summed E-state index contributed by atoms with van der Waals surface area (Å²) in [6.07, 6.45) is -1.73. The first-order valence-electron chi connectivity index (χ1n) is 9.29. The van der Waals surface area contributed by atoms with Gasteiger partial charge in [-0.25, -0.2) is 4.98 Å². The van der Waals surface area contributed by atoms with Crippen molar-refractivity contribution in [1.29, 1.82) is 0 Å². The molecule has 1 aromatic carbocycles. The van der Waals surface area contributed by atoms with Gasteiger partial charge in [0.25, 0.3) is 5.56 Å². The summed E-state index contributed by atoms with van der Waals surface area (Å²) in [4.78, 5) is 25.4. The van der Waals surface area contributed by atoms with Gasteiger partial charge in [0.05, 0.1) is 10.9 Å². The summed E-state index contributed by atoms with van der Waals surface area (Å²) in [5, 5.41) is -0.532. The zero-order valence-electron chi connectivity index (χ0n) is 16.0. The highest BCUT2D eigenvalue weighted by atomic mass is 19.4. The van der Waals surface area contributed by atoms with E-state index in [2.05, 4.69) is 15.0 Å². The highest BCUT2D eigenvalue weighted by molar-refractivity contribution is 5.82. The number of halogens is 3. The zero-order valence-corrected chi connectivity index (χ0v) is 16.0. The van der Waals surface area contributed by atoms with Crippen LogP contribution in [-0.4, -0.2) is 19.5 Å². The molecule has 0 aliphatic heterocycles. The molecule has 0 bridgehead atoms. The summed E-state index contributed by atoms with van der Waals surface area (Å²) in [6, 6.07) is 14.3. The monoisotopic (exact) mass is 410 g/mol. The van der Waals surface area contributed by atoms with Crippen molar-refractivity contribution in [3.05, 3.63) is 88.1 Å². The normalized spacial score (nSPS) is 11.7. The van der Waals surface area contributed by atoms with Crippen molar-refractivity contribution in [2.45, 2.75) is 26.1 Å². The van der Waals surface area contributed by atoms with E-state index in [0.717, 1.165) is 17.3 Å². The van der Waals surface area contributed by atoms with Gasteiger partial charge in [-0.1, -0.05) is 36.4 Å². The molecule has 30 heavy (non-hydrogen) atoms. The average Bonchev–Trinajstić information content (AvgIpc) is 2.73. The van der Waals surface area contributed by atoms with Crippen molar-refractivity contribution in [3.63, 3.8) is 0 Å². The lowest BCUT2D eigenvalue weighted by Gasteiger charge is -2.16. The quantitative estimate of drug-likeness (QED) is 0.500. The molecule has 0 saturated heterocycles. The lowest BCUT2D eigenvalue weighted by molar-refractivity contribution is -0.139. The first-order chi connectivity index (χ1) is 14.4. The fraction of sp³-hybridized carbons (Fsp3) is 0.182. The van der Waals surface area contributed by atoms with Crippen molar-refractivity contribution in [2.24, 2.45) is 0 Å². The van der Waals surface area contributed by atoms with E-state index in [4.69, 9.17) is 0 Å². The van der Waals surface area contributed by atoms with Crippen LogP contribution in [0.1, 0.15) is 16.8 Å². The summed E-state index contributed by atoms with van der Waals surface area (Å²) in [7, 11) is 0. The van der Waals surface area contributed by atoms with Gasteiger partial charge in [0, 0.05) is 18.9 Å². The van der Waals surface area contributed by atoms with Crippen LogP contribution in [0.4, 0.5) is 13.2 Å². The van der Waals surface area contributed by atoms with E-state index < -0.39 is 22.8 Å². The van der Waals surface area contributed by atoms with Crippen molar-refractivity contribution in [1.82, 2.24) is 19.5 Å². The molecular formula is C22H17F3N4O. The molecule has 0 aliphatic rings. The van der Waals surface area contributed by atoms with Gasteiger partial charge in [0.1, 0.15) is 5.69 Å². The van der Waals surface area contributed by atoms with E-state index in [1.54, 1.807) is 12.3 Å². The van der Waals surface area contributed by atoms with Gasteiger partial charge in [-0.3, -0.25) is 19.3 Å². The third-order valence-electron chi connectivity index (χ3n) is 4.83. The van der Waals surface area contributed by atoms with E-state index in [-0.39, 0.29) is 17.9 Å². The van der Waals surface area contributed by atoms with E-state index in [0.29, 0.717) is 12.1 Å². The predicted molar refractivity (Wildman–Crippen MR) is 107 cm³/mol. The Kier molecular flexibility index (Phi) is 5.07. The molecule has 0 amide bonds. The maximum atomic E-state index is 13.5. The predicted octanol–water partition coefficient (Wildman–Crippen LogP) is 4.42. The van der Waals surface area contributed by atoms with Crippen molar-refractivity contribution >= 4 is 10.9 Å². The van der Waals surface area contributed by atoms with E-state index in [9.17, 15) is 18.0 Å². The smallest absolute Gasteiger partial charge is 0.290 e. The molecule has 4 aromatic rings. The van der Waals surface area contributed by atoms with Crippen molar-refractivity contribution < 1.29 is 13.2 Å². The molecule has 0 saturated carbocycles. The van der Waals surface area contributed by atoms with Gasteiger partial charge >= 0.3 is 6.18 Å². The van der Waals surface area contributed by atoms with Crippen LogP contribution in [0.5, 0.6) is 0 Å². The Labute approximate surface area is 169 Å². The largest absolute Gasteiger partial charge is 0.434 e. The minimum absolute atomic E-state index is 0.0571. The summed E-state index contributed by atoms with van der Waals surface area (Å²) in [6.45, 7) is 1.97. The topological polar surface area (TPSA) is 60.7 Å². The van der Waals surface area contributed by atoms with Crippen LogP contribution in [0, 0.1) is 6.92 Å². The zero-order chi connectivity index (χ0) is 21.3. The summed E-state index contributed by atoms with van der Waals surface area (Å²) in [5.41, 5.74) is 0.109. The minimum atomic E-state index is -4.76. The number of pyridine rings is 2. The highest BCUT2D eigenvalue weighted by Crippen LogP contribution is 2.32. The van der Waals surface area contributed by atoms with Gasteiger partial charge in [-0.2, -0.15) is 13.2 Å². The van der Waals surface area contributed by atoms with Crippen molar-refractivity contribution in [2.75, 3.05) is 0 Å². The Morgan fingerprint density at radius 3 is 2.43 bits per heavy atom. The molecule has 152 valence electrons. The maximum Gasteiger partial charge on any atom is 0.434 e. The third kappa shape index (κ3) is 3.68. The van der Waals surface area contributed by atoms with Crippen LogP contribution in [0.25, 0.3) is 22.4 Å². The number of hydrogen-bond donors (Lipinski definition) is 0. The second-order valence-electron chi connectivity index (χ2n) is 6.85. The van der Waals surface area contributed by atoms with Gasteiger partial charge < -0.3 is 0 Å². The third-order valence-corrected chi connectivity index (χ3v) is 4.83. The van der Waals surface area contributed by atoms with Crippen LogP contribution in [0.15, 0.2) is 65.7 Å². The van der Waals surface area contributed by atoms with Crippen molar-refractivity contribution in [3.8, 4) is 11.5 Å². The molecule has 8 heteroatoms. The van der Waals surface area contributed by atoms with Crippen LogP contribution < -0.4 is 5.56 Å². The van der Waals surface area contributed by atoms with Crippen LogP contribution >= 0.6 is 0 Å². The van der Waals surface area contributed by atoms with Gasteiger partial charge in [0.2, 0.25) is 0 Å². The Morgan fingerprint density at radius 1 is 0.967 bits per heavy atom. The molecule has 0 radical (unpaired) electrons. The van der Waals surface area contributed by atoms with Gasteiger partial charge in [0.15, 0.2) is 11.5 Å². The van der Waals surface area contributed by atoms with Gasteiger partial charge in [-0.05, 0) is 36.6 Å². The summed E-state index contributed by atoms with van der Waals surface area (Å²) < 4.78 is 41.8. The number of rotatable bonds is 4. The molecular weight excluding hydrogens is 393 g/mol. The fourth-order valence-corrected chi connectivity index (χ4v) is 3.37. The minimum Gasteiger partial charge on any atom is -0.290 e. The van der Waals surface area contributed by atoms with E-state index in [1.165, 1.54) is 10.6 Å². The molecule has 0 fully saturated rings. The molecule has 0 spiro atoms. The number of benzene rings is 1. The maximum absolute atomic E-state index is 13.5. The number of aromatic nitrogens is 4. The lowest BCUT2D eigenvalue weighted by atomic mass is 10.1. The second-order valence-corrected chi connectivity index (χ2v) is 6.85. The molecule has 3 aromatic heterocycles. The second kappa shape index (κ2) is 7.70. The van der Waals surface area contributed by atoms with Crippen LogP contribution in [0.3, 0.4) is 0 Å². The standard InChI is InChI=1S/C22H17F3N4O/c1-14-6-5-11-26-18(14)20-28-16-9-12-27-19(22(23,24)25)17(16)21(30)29(20)13-10-15-7-3-2-4-8-15/h2-9,11-12H,10,13H2,1H3. The molecule has 0 atom stereocenters. The molecule has 0 N–H and O–H groups in total. The summed E-state index contributed by atoms with van der Waals surface area (Å²) in [5.74, 6) is 0.237. The molecule has 4 rings (SSSR count). The number of fused-ring (bicyclic) bond motifs is 1. The van der Waals surface area contributed by atoms with Crippen LogP contribution in [0.2, 0.25) is 0 Å². The summed E-state index contributed by atoms with van der Waals surface area (Å²) >= 11 is 0. The molecule has 0 unspecified atom stereocenters. The average molecular weight is 410 g/mol. The SMILES string of the molecule is Cc1cccnc1-c1nc2ccnc(C(F)(F)F)c2c(=O)n1CCc1ccccc1. The molecule has 5 nitrogen and oxygen atoms in total. The van der Waals surface area contributed by atoms with E-state index >= 15 is 0 Å². The highest BCUT2D eigenvalue weighted by Gasteiger charge is 2.36. The molecule has 3 heterocycles. The van der Waals surface area contributed by atoms with Gasteiger partial charge in [-0.15, -0.1) is 0 Å².